The van der Waals surface area contributed by atoms with Crippen LogP contribution in [0.25, 0.3) is 11.3 Å². The van der Waals surface area contributed by atoms with Crippen LogP contribution in [0.2, 0.25) is 0 Å². The summed E-state index contributed by atoms with van der Waals surface area (Å²) in [7, 11) is -3.31. The molecule has 0 atom stereocenters. The number of amides is 1. The normalized spacial score (nSPS) is 16.1. The number of thioether (sulfide) groups is 1. The monoisotopic (exact) mass is 462 g/mol. The van der Waals surface area contributed by atoms with Crippen molar-refractivity contribution in [3.8, 4) is 11.3 Å². The van der Waals surface area contributed by atoms with E-state index in [9.17, 15) is 26.4 Å². The van der Waals surface area contributed by atoms with E-state index in [0.717, 1.165) is 22.6 Å². The predicted octanol–water partition coefficient (Wildman–Crippen LogP) is 2.31. The summed E-state index contributed by atoms with van der Waals surface area (Å²) in [5.41, 5.74) is 0.925. The Bertz CT molecular complexity index is 986. The molecule has 0 saturated carbocycles. The number of sulfonamides is 1. The molecular weight excluding hydrogens is 441 g/mol. The van der Waals surface area contributed by atoms with Crippen molar-refractivity contribution in [3.63, 3.8) is 0 Å². The smallest absolute Gasteiger partial charge is 0.339 e. The first-order valence-corrected chi connectivity index (χ1v) is 11.9. The van der Waals surface area contributed by atoms with Gasteiger partial charge in [-0.3, -0.25) is 4.79 Å². The lowest BCUT2D eigenvalue weighted by Gasteiger charge is -2.33. The fourth-order valence-electron chi connectivity index (χ4n) is 3.13. The number of carbonyl (C=O) groups is 1. The van der Waals surface area contributed by atoms with Gasteiger partial charge >= 0.3 is 6.18 Å². The Morgan fingerprint density at radius 1 is 1.13 bits per heavy atom. The number of carbonyl (C=O) groups excluding carboxylic acids is 1. The quantitative estimate of drug-likeness (QED) is 0.616. The zero-order valence-corrected chi connectivity index (χ0v) is 17.8. The number of nitrogens with zero attached hydrogens (tertiary/aromatic N) is 4. The minimum atomic E-state index is -4.44. The molecular formula is C18H21F3N4O3S2. The Labute approximate surface area is 176 Å². The average molecular weight is 463 g/mol. The van der Waals surface area contributed by atoms with Crippen molar-refractivity contribution < 1.29 is 26.4 Å². The Hall–Kier alpha value is -2.05. The second kappa shape index (κ2) is 8.98. The molecule has 1 fully saturated rings. The van der Waals surface area contributed by atoms with Crippen molar-refractivity contribution in [1.82, 2.24) is 18.8 Å². The molecule has 1 saturated heterocycles. The predicted molar refractivity (Wildman–Crippen MR) is 107 cm³/mol. The van der Waals surface area contributed by atoms with E-state index in [-0.39, 0.29) is 43.0 Å². The maximum absolute atomic E-state index is 13.1. The molecule has 164 valence electrons. The number of benzene rings is 1. The zero-order chi connectivity index (χ0) is 21.9. The van der Waals surface area contributed by atoms with Crippen LogP contribution in [0.15, 0.2) is 41.7 Å². The van der Waals surface area contributed by atoms with Gasteiger partial charge in [-0.05, 0) is 5.56 Å². The van der Waals surface area contributed by atoms with Crippen LogP contribution in [0.3, 0.4) is 0 Å². The van der Waals surface area contributed by atoms with E-state index >= 15 is 0 Å². The number of halogens is 3. The summed E-state index contributed by atoms with van der Waals surface area (Å²) in [5, 5.41) is 0.106. The Morgan fingerprint density at radius 3 is 2.33 bits per heavy atom. The first-order chi connectivity index (χ1) is 14.0. The molecule has 30 heavy (non-hydrogen) atoms. The SMILES string of the molecule is CS(=O)(=O)N1CCN(C(=O)CSc2ncc(-c3ccccc3)n2CC(F)(F)F)CC1. The van der Waals surface area contributed by atoms with Crippen molar-refractivity contribution in [3.05, 3.63) is 36.5 Å². The van der Waals surface area contributed by atoms with Gasteiger partial charge in [-0.1, -0.05) is 42.1 Å². The Balaban J connectivity index is 1.69. The lowest BCUT2D eigenvalue weighted by Crippen LogP contribution is -2.50. The van der Waals surface area contributed by atoms with E-state index in [0.29, 0.717) is 11.3 Å². The highest BCUT2D eigenvalue weighted by atomic mass is 32.2. The highest BCUT2D eigenvalue weighted by molar-refractivity contribution is 7.99. The van der Waals surface area contributed by atoms with Crippen LogP contribution in [0.1, 0.15) is 0 Å². The molecule has 1 aliphatic rings. The van der Waals surface area contributed by atoms with E-state index in [1.54, 1.807) is 30.3 Å². The van der Waals surface area contributed by atoms with Crippen LogP contribution >= 0.6 is 11.8 Å². The fraction of sp³-hybridized carbons (Fsp3) is 0.444. The molecule has 1 aromatic heterocycles. The third-order valence-corrected chi connectivity index (χ3v) is 6.89. The van der Waals surface area contributed by atoms with Gasteiger partial charge in [0.25, 0.3) is 0 Å². The highest BCUT2D eigenvalue weighted by Gasteiger charge is 2.31. The summed E-state index contributed by atoms with van der Waals surface area (Å²) in [5.74, 6) is -0.349. The van der Waals surface area contributed by atoms with Crippen molar-refractivity contribution in [2.45, 2.75) is 17.9 Å². The molecule has 1 amide bonds. The lowest BCUT2D eigenvalue weighted by molar-refractivity contribution is -0.141. The van der Waals surface area contributed by atoms with Crippen molar-refractivity contribution in [1.29, 1.82) is 0 Å². The van der Waals surface area contributed by atoms with Crippen LogP contribution < -0.4 is 0 Å². The minimum absolute atomic E-state index is 0.0814. The van der Waals surface area contributed by atoms with Crippen molar-refractivity contribution >= 4 is 27.7 Å². The maximum atomic E-state index is 13.1. The van der Waals surface area contributed by atoms with Gasteiger partial charge in [-0.15, -0.1) is 0 Å². The maximum Gasteiger partial charge on any atom is 0.406 e. The van der Waals surface area contributed by atoms with Crippen LogP contribution in [0.4, 0.5) is 13.2 Å². The van der Waals surface area contributed by atoms with Crippen LogP contribution in [-0.4, -0.2) is 77.4 Å². The summed E-state index contributed by atoms with van der Waals surface area (Å²) < 4.78 is 64.9. The van der Waals surface area contributed by atoms with Crippen molar-refractivity contribution in [2.24, 2.45) is 0 Å². The largest absolute Gasteiger partial charge is 0.406 e. The minimum Gasteiger partial charge on any atom is -0.339 e. The number of rotatable bonds is 6. The topological polar surface area (TPSA) is 75.5 Å². The molecule has 0 radical (unpaired) electrons. The molecule has 0 N–H and O–H groups in total. The second-order valence-corrected chi connectivity index (χ2v) is 9.75. The number of imidazole rings is 1. The first kappa shape index (κ1) is 22.6. The molecule has 1 aliphatic heterocycles. The molecule has 2 aromatic rings. The van der Waals surface area contributed by atoms with Gasteiger partial charge in [0.1, 0.15) is 6.54 Å². The summed E-state index contributed by atoms with van der Waals surface area (Å²) in [6, 6.07) is 8.63. The van der Waals surface area contributed by atoms with E-state index in [1.807, 2.05) is 0 Å². The molecule has 12 heteroatoms. The van der Waals surface area contributed by atoms with E-state index in [4.69, 9.17) is 0 Å². The van der Waals surface area contributed by atoms with Crippen LogP contribution in [0.5, 0.6) is 0 Å². The van der Waals surface area contributed by atoms with Crippen molar-refractivity contribution in [2.75, 3.05) is 38.2 Å². The molecule has 0 aliphatic carbocycles. The fourth-order valence-corrected chi connectivity index (χ4v) is 4.84. The number of hydrogen-bond donors (Lipinski definition) is 0. The summed E-state index contributed by atoms with van der Waals surface area (Å²) in [4.78, 5) is 18.1. The summed E-state index contributed by atoms with van der Waals surface area (Å²) >= 11 is 0.940. The van der Waals surface area contributed by atoms with E-state index in [2.05, 4.69) is 4.98 Å². The van der Waals surface area contributed by atoms with Gasteiger partial charge in [-0.25, -0.2) is 13.4 Å². The third-order valence-electron chi connectivity index (χ3n) is 4.61. The standard InChI is InChI=1S/C18H21F3N4O3S2/c1-30(27,28)24-9-7-23(8-10-24)16(26)12-29-17-22-11-15(14-5-3-2-4-6-14)25(17)13-18(19,20)21/h2-6,11H,7-10,12-13H2,1H3. The Morgan fingerprint density at radius 2 is 1.77 bits per heavy atom. The number of aromatic nitrogens is 2. The van der Waals surface area contributed by atoms with Gasteiger partial charge in [0, 0.05) is 26.2 Å². The summed E-state index contributed by atoms with van der Waals surface area (Å²) in [6.07, 6.45) is -1.95. The highest BCUT2D eigenvalue weighted by Crippen LogP contribution is 2.30. The number of hydrogen-bond acceptors (Lipinski definition) is 5. The summed E-state index contributed by atoms with van der Waals surface area (Å²) in [6.45, 7) is -0.301. The molecule has 0 bridgehead atoms. The molecule has 1 aromatic carbocycles. The van der Waals surface area contributed by atoms with Crippen LogP contribution in [0, 0.1) is 0 Å². The van der Waals surface area contributed by atoms with Gasteiger partial charge in [0.05, 0.1) is 23.9 Å². The average Bonchev–Trinajstić information content (AvgIpc) is 3.07. The van der Waals surface area contributed by atoms with Gasteiger partial charge in [0.15, 0.2) is 5.16 Å². The van der Waals surface area contributed by atoms with Crippen LogP contribution in [-0.2, 0) is 21.4 Å². The lowest BCUT2D eigenvalue weighted by atomic mass is 10.2. The van der Waals surface area contributed by atoms with Gasteiger partial charge in [-0.2, -0.15) is 17.5 Å². The molecule has 0 unspecified atom stereocenters. The van der Waals surface area contributed by atoms with Gasteiger partial charge < -0.3 is 9.47 Å². The second-order valence-electron chi connectivity index (χ2n) is 6.82. The number of alkyl halides is 3. The van der Waals surface area contributed by atoms with E-state index in [1.165, 1.54) is 15.4 Å². The molecule has 2 heterocycles. The molecule has 0 spiro atoms. The molecule has 7 nitrogen and oxygen atoms in total. The number of piperazine rings is 1. The Kier molecular flexibility index (Phi) is 6.78. The van der Waals surface area contributed by atoms with E-state index < -0.39 is 22.7 Å². The van der Waals surface area contributed by atoms with Gasteiger partial charge in [0.2, 0.25) is 15.9 Å². The molecule has 3 rings (SSSR count). The zero-order valence-electron chi connectivity index (χ0n) is 16.2. The third kappa shape index (κ3) is 5.76. The first-order valence-electron chi connectivity index (χ1n) is 9.08.